The van der Waals surface area contributed by atoms with Crippen LogP contribution in [0.3, 0.4) is 0 Å². The third-order valence-electron chi connectivity index (χ3n) is 2.03. The predicted molar refractivity (Wildman–Crippen MR) is 59.4 cm³/mol. The molecule has 94 valence electrons. The number of hydrogen-bond donors (Lipinski definition) is 3. The minimum Gasteiger partial charge on any atom is -0.396 e. The fourth-order valence-electron chi connectivity index (χ4n) is 1.16. The van der Waals surface area contributed by atoms with Crippen LogP contribution >= 0.6 is 0 Å². The molecule has 0 aliphatic rings. The number of aliphatic hydroxyl groups is 1. The van der Waals surface area contributed by atoms with E-state index in [-0.39, 0.29) is 12.2 Å². The first kappa shape index (κ1) is 13.4. The molecule has 1 rings (SSSR count). The van der Waals surface area contributed by atoms with Crippen molar-refractivity contribution in [3.05, 3.63) is 29.3 Å². The van der Waals surface area contributed by atoms with E-state index in [1.807, 2.05) is 0 Å². The minimum absolute atomic E-state index is 0.125. The molecule has 0 saturated carbocycles. The van der Waals surface area contributed by atoms with Crippen molar-refractivity contribution in [3.8, 4) is 0 Å². The maximum absolute atomic E-state index is 13.4. The lowest BCUT2D eigenvalue weighted by atomic mass is 10.1. The second-order valence-corrected chi connectivity index (χ2v) is 4.32. The number of nitrogen functional groups attached to an aromatic ring is 1. The van der Waals surface area contributed by atoms with Gasteiger partial charge in [-0.2, -0.15) is 0 Å². The zero-order valence-electron chi connectivity index (χ0n) is 9.55. The number of hydrogen-bond acceptors (Lipinski definition) is 3. The van der Waals surface area contributed by atoms with Gasteiger partial charge in [-0.05, 0) is 26.0 Å². The Hall–Kier alpha value is -1.69. The standard InChI is InChI=1S/C11H14F2N2O2/c1-11(2,17)5-15-10(16)8-6(12)3-4-7(14)9(8)13/h3-4,17H,5,14H2,1-2H3,(H,15,16). The lowest BCUT2D eigenvalue weighted by Crippen LogP contribution is -2.38. The van der Waals surface area contributed by atoms with Crippen molar-refractivity contribution in [2.45, 2.75) is 19.4 Å². The molecule has 1 aromatic rings. The highest BCUT2D eigenvalue weighted by Gasteiger charge is 2.21. The van der Waals surface area contributed by atoms with Gasteiger partial charge in [0.25, 0.3) is 5.91 Å². The summed E-state index contributed by atoms with van der Waals surface area (Å²) in [5.41, 5.74) is 3.03. The molecule has 6 heteroatoms. The van der Waals surface area contributed by atoms with Crippen LogP contribution in [0.25, 0.3) is 0 Å². The molecular weight excluding hydrogens is 230 g/mol. The molecule has 0 radical (unpaired) electrons. The van der Waals surface area contributed by atoms with E-state index in [1.54, 1.807) is 0 Å². The van der Waals surface area contributed by atoms with E-state index in [0.29, 0.717) is 0 Å². The van der Waals surface area contributed by atoms with Crippen molar-refractivity contribution in [2.24, 2.45) is 0 Å². The van der Waals surface area contributed by atoms with Crippen LogP contribution in [0.1, 0.15) is 24.2 Å². The number of nitrogens with two attached hydrogens (primary N) is 1. The highest BCUT2D eigenvalue weighted by atomic mass is 19.1. The smallest absolute Gasteiger partial charge is 0.257 e. The van der Waals surface area contributed by atoms with Crippen LogP contribution in [-0.2, 0) is 0 Å². The van der Waals surface area contributed by atoms with Crippen LogP contribution in [-0.4, -0.2) is 23.2 Å². The highest BCUT2D eigenvalue weighted by molar-refractivity contribution is 5.95. The Balaban J connectivity index is 2.93. The van der Waals surface area contributed by atoms with Gasteiger partial charge in [-0.3, -0.25) is 4.79 Å². The molecule has 0 aromatic heterocycles. The number of anilines is 1. The van der Waals surface area contributed by atoms with Crippen molar-refractivity contribution >= 4 is 11.6 Å². The summed E-state index contributed by atoms with van der Waals surface area (Å²) in [6.45, 7) is 2.79. The maximum atomic E-state index is 13.4. The van der Waals surface area contributed by atoms with Gasteiger partial charge in [0.15, 0.2) is 5.82 Å². The molecule has 0 bridgehead atoms. The van der Waals surface area contributed by atoms with Crippen molar-refractivity contribution in [1.29, 1.82) is 0 Å². The second kappa shape index (κ2) is 4.67. The summed E-state index contributed by atoms with van der Waals surface area (Å²) in [5.74, 6) is -3.04. The average molecular weight is 244 g/mol. The summed E-state index contributed by atoms with van der Waals surface area (Å²) < 4.78 is 26.7. The zero-order chi connectivity index (χ0) is 13.2. The first-order chi connectivity index (χ1) is 7.72. The quantitative estimate of drug-likeness (QED) is 0.695. The Labute approximate surface area is 97.4 Å². The van der Waals surface area contributed by atoms with Crippen LogP contribution < -0.4 is 11.1 Å². The third-order valence-corrected chi connectivity index (χ3v) is 2.03. The topological polar surface area (TPSA) is 75.3 Å². The van der Waals surface area contributed by atoms with Crippen molar-refractivity contribution < 1.29 is 18.7 Å². The van der Waals surface area contributed by atoms with Gasteiger partial charge in [0, 0.05) is 6.54 Å². The highest BCUT2D eigenvalue weighted by Crippen LogP contribution is 2.18. The van der Waals surface area contributed by atoms with Gasteiger partial charge in [0.1, 0.15) is 11.4 Å². The monoisotopic (exact) mass is 244 g/mol. The fourth-order valence-corrected chi connectivity index (χ4v) is 1.16. The van der Waals surface area contributed by atoms with E-state index in [4.69, 9.17) is 5.73 Å². The predicted octanol–water partition coefficient (Wildman–Crippen LogP) is 1.05. The number of halogens is 2. The van der Waals surface area contributed by atoms with Crippen LogP contribution in [0.5, 0.6) is 0 Å². The largest absolute Gasteiger partial charge is 0.396 e. The minimum atomic E-state index is -1.16. The Morgan fingerprint density at radius 1 is 1.47 bits per heavy atom. The molecule has 0 spiro atoms. The summed E-state index contributed by atoms with van der Waals surface area (Å²) in [4.78, 5) is 11.5. The molecule has 0 aliphatic heterocycles. The average Bonchev–Trinajstić information content (AvgIpc) is 2.20. The Bertz CT molecular complexity index is 442. The van der Waals surface area contributed by atoms with Gasteiger partial charge in [-0.15, -0.1) is 0 Å². The zero-order valence-corrected chi connectivity index (χ0v) is 9.55. The number of nitrogens with one attached hydrogen (secondary N) is 1. The number of amides is 1. The van der Waals surface area contributed by atoms with E-state index in [1.165, 1.54) is 13.8 Å². The fraction of sp³-hybridized carbons (Fsp3) is 0.364. The van der Waals surface area contributed by atoms with E-state index in [2.05, 4.69) is 5.32 Å². The molecule has 1 amide bonds. The molecule has 0 unspecified atom stereocenters. The molecular formula is C11H14F2N2O2. The van der Waals surface area contributed by atoms with Gasteiger partial charge in [0.05, 0.1) is 11.3 Å². The van der Waals surface area contributed by atoms with Gasteiger partial charge in [0.2, 0.25) is 0 Å². The van der Waals surface area contributed by atoms with Gasteiger partial charge >= 0.3 is 0 Å². The van der Waals surface area contributed by atoms with Gasteiger partial charge < -0.3 is 16.2 Å². The third kappa shape index (κ3) is 3.39. The van der Waals surface area contributed by atoms with E-state index in [0.717, 1.165) is 12.1 Å². The molecule has 0 atom stereocenters. The Kier molecular flexibility index (Phi) is 3.67. The summed E-state index contributed by atoms with van der Waals surface area (Å²) in [5, 5.41) is 11.6. The van der Waals surface area contributed by atoms with Crippen molar-refractivity contribution in [3.63, 3.8) is 0 Å². The summed E-state index contributed by atoms with van der Waals surface area (Å²) >= 11 is 0. The van der Waals surface area contributed by atoms with Crippen LogP contribution in [0.4, 0.5) is 14.5 Å². The molecule has 4 N–H and O–H groups in total. The molecule has 4 nitrogen and oxygen atoms in total. The molecule has 0 heterocycles. The van der Waals surface area contributed by atoms with Crippen LogP contribution in [0.2, 0.25) is 0 Å². The van der Waals surface area contributed by atoms with Gasteiger partial charge in [-0.25, -0.2) is 8.78 Å². The SMILES string of the molecule is CC(C)(O)CNC(=O)c1c(F)ccc(N)c1F. The van der Waals surface area contributed by atoms with Gasteiger partial charge in [-0.1, -0.05) is 0 Å². The first-order valence-corrected chi connectivity index (χ1v) is 4.96. The normalized spacial score (nSPS) is 11.4. The molecule has 0 aliphatic carbocycles. The molecule has 17 heavy (non-hydrogen) atoms. The lowest BCUT2D eigenvalue weighted by Gasteiger charge is -2.18. The molecule has 0 saturated heterocycles. The Morgan fingerprint density at radius 3 is 2.59 bits per heavy atom. The van der Waals surface area contributed by atoms with Crippen molar-refractivity contribution in [2.75, 3.05) is 12.3 Å². The van der Waals surface area contributed by atoms with E-state index < -0.39 is 28.7 Å². The number of carbonyl (C=O) groups excluding carboxylic acids is 1. The number of rotatable bonds is 3. The maximum Gasteiger partial charge on any atom is 0.257 e. The number of carbonyl (C=O) groups is 1. The summed E-state index contributed by atoms with van der Waals surface area (Å²) in [7, 11) is 0. The summed E-state index contributed by atoms with van der Waals surface area (Å²) in [6, 6.07) is 1.95. The van der Waals surface area contributed by atoms with E-state index in [9.17, 15) is 18.7 Å². The first-order valence-electron chi connectivity index (χ1n) is 4.96. The number of benzene rings is 1. The lowest BCUT2D eigenvalue weighted by molar-refractivity contribution is 0.0690. The molecule has 1 aromatic carbocycles. The molecule has 0 fully saturated rings. The van der Waals surface area contributed by atoms with Crippen LogP contribution in [0.15, 0.2) is 12.1 Å². The van der Waals surface area contributed by atoms with Crippen LogP contribution in [0, 0.1) is 11.6 Å². The summed E-state index contributed by atoms with van der Waals surface area (Å²) in [6.07, 6.45) is 0. The second-order valence-electron chi connectivity index (χ2n) is 4.32. The van der Waals surface area contributed by atoms with E-state index >= 15 is 0 Å². The Morgan fingerprint density at radius 2 is 2.06 bits per heavy atom. The van der Waals surface area contributed by atoms with Crippen molar-refractivity contribution in [1.82, 2.24) is 5.32 Å².